The molecule has 0 fully saturated rings. The van der Waals surface area contributed by atoms with Gasteiger partial charge < -0.3 is 10.6 Å². The molecular formula is C16H16ClN3O3. The molecule has 2 N–H and O–H groups in total. The molecule has 0 spiro atoms. The Labute approximate surface area is 138 Å². The molecule has 0 aliphatic rings. The Morgan fingerprint density at radius 1 is 1.13 bits per heavy atom. The molecule has 0 saturated carbocycles. The molecule has 0 radical (unpaired) electrons. The number of amides is 1. The summed E-state index contributed by atoms with van der Waals surface area (Å²) in [5, 5.41) is 16.5. The van der Waals surface area contributed by atoms with Crippen molar-refractivity contribution in [2.75, 3.05) is 17.2 Å². The zero-order valence-electron chi connectivity index (χ0n) is 12.7. The lowest BCUT2D eigenvalue weighted by Gasteiger charge is -2.09. The van der Waals surface area contributed by atoms with Crippen molar-refractivity contribution in [3.05, 3.63) is 62.7 Å². The minimum Gasteiger partial charge on any atom is -0.376 e. The summed E-state index contributed by atoms with van der Waals surface area (Å²) in [4.78, 5) is 22.2. The van der Waals surface area contributed by atoms with Crippen LogP contribution in [0, 0.1) is 24.0 Å². The Morgan fingerprint density at radius 2 is 1.83 bits per heavy atom. The van der Waals surface area contributed by atoms with Crippen molar-refractivity contribution in [2.45, 2.75) is 13.8 Å². The third-order valence-electron chi connectivity index (χ3n) is 3.39. The number of aryl methyl sites for hydroxylation is 2. The van der Waals surface area contributed by atoms with Crippen LogP contribution in [0.15, 0.2) is 36.4 Å². The third-order valence-corrected chi connectivity index (χ3v) is 3.71. The molecule has 120 valence electrons. The zero-order valence-corrected chi connectivity index (χ0v) is 13.5. The summed E-state index contributed by atoms with van der Waals surface area (Å²) in [5.74, 6) is -0.245. The van der Waals surface area contributed by atoms with Crippen LogP contribution in [-0.2, 0) is 4.79 Å². The molecule has 0 aliphatic carbocycles. The summed E-state index contributed by atoms with van der Waals surface area (Å²) in [6.07, 6.45) is 0. The molecule has 0 heterocycles. The smallest absolute Gasteiger partial charge is 0.289 e. The number of nitrogens with zero attached hydrogens (tertiary/aromatic N) is 1. The highest BCUT2D eigenvalue weighted by Crippen LogP contribution is 2.27. The minimum absolute atomic E-state index is 0.00822. The van der Waals surface area contributed by atoms with Crippen LogP contribution in [0.1, 0.15) is 11.1 Å². The van der Waals surface area contributed by atoms with Gasteiger partial charge in [0.2, 0.25) is 5.91 Å². The van der Waals surface area contributed by atoms with Crippen molar-refractivity contribution in [2.24, 2.45) is 0 Å². The Hall–Kier alpha value is -2.60. The Bertz CT molecular complexity index is 762. The van der Waals surface area contributed by atoms with Crippen LogP contribution in [0.3, 0.4) is 0 Å². The number of nitrogens with one attached hydrogen (secondary N) is 2. The van der Waals surface area contributed by atoms with Gasteiger partial charge in [0.25, 0.3) is 5.69 Å². The van der Waals surface area contributed by atoms with E-state index < -0.39 is 4.92 Å². The van der Waals surface area contributed by atoms with Crippen molar-refractivity contribution in [1.82, 2.24) is 0 Å². The van der Waals surface area contributed by atoms with E-state index in [1.54, 1.807) is 6.07 Å². The quantitative estimate of drug-likeness (QED) is 0.641. The summed E-state index contributed by atoms with van der Waals surface area (Å²) in [5.41, 5.74) is 3.20. The average Bonchev–Trinajstić information content (AvgIpc) is 2.50. The number of nitro groups is 1. The molecule has 0 atom stereocenters. The molecule has 23 heavy (non-hydrogen) atoms. The summed E-state index contributed by atoms with van der Waals surface area (Å²) in [7, 11) is 0. The van der Waals surface area contributed by atoms with Crippen molar-refractivity contribution in [1.29, 1.82) is 0 Å². The van der Waals surface area contributed by atoms with Gasteiger partial charge in [-0.15, -0.1) is 0 Å². The highest BCUT2D eigenvalue weighted by Gasteiger charge is 2.13. The van der Waals surface area contributed by atoms with Gasteiger partial charge in [0, 0.05) is 17.4 Å². The van der Waals surface area contributed by atoms with Crippen LogP contribution in [0.4, 0.5) is 17.1 Å². The first-order chi connectivity index (χ1) is 10.9. The van der Waals surface area contributed by atoms with Gasteiger partial charge in [0.1, 0.15) is 5.02 Å². The van der Waals surface area contributed by atoms with Crippen LogP contribution < -0.4 is 10.6 Å². The highest BCUT2D eigenvalue weighted by molar-refractivity contribution is 6.32. The second kappa shape index (κ2) is 7.11. The largest absolute Gasteiger partial charge is 0.376 e. The normalized spacial score (nSPS) is 10.2. The third kappa shape index (κ3) is 4.43. The van der Waals surface area contributed by atoms with E-state index in [1.807, 2.05) is 32.0 Å². The van der Waals surface area contributed by atoms with Gasteiger partial charge in [-0.2, -0.15) is 0 Å². The molecule has 0 bridgehead atoms. The molecule has 0 saturated heterocycles. The first-order valence-electron chi connectivity index (χ1n) is 6.92. The number of benzene rings is 2. The topological polar surface area (TPSA) is 84.3 Å². The van der Waals surface area contributed by atoms with Crippen molar-refractivity contribution < 1.29 is 9.72 Å². The van der Waals surface area contributed by atoms with Crippen LogP contribution in [0.2, 0.25) is 5.02 Å². The van der Waals surface area contributed by atoms with Crippen LogP contribution in [-0.4, -0.2) is 17.4 Å². The lowest BCUT2D eigenvalue weighted by Crippen LogP contribution is -2.21. The van der Waals surface area contributed by atoms with E-state index in [2.05, 4.69) is 10.6 Å². The Balaban J connectivity index is 1.97. The maximum absolute atomic E-state index is 11.9. The summed E-state index contributed by atoms with van der Waals surface area (Å²) >= 11 is 5.74. The van der Waals surface area contributed by atoms with Crippen molar-refractivity contribution >= 4 is 34.6 Å². The number of carbonyl (C=O) groups is 1. The fourth-order valence-corrected chi connectivity index (χ4v) is 2.16. The van der Waals surface area contributed by atoms with E-state index in [1.165, 1.54) is 12.1 Å². The number of nitro benzene ring substituents is 1. The fraction of sp³-hybridized carbons (Fsp3) is 0.188. The van der Waals surface area contributed by atoms with Gasteiger partial charge in [-0.25, -0.2) is 0 Å². The predicted molar refractivity (Wildman–Crippen MR) is 91.1 cm³/mol. The van der Waals surface area contributed by atoms with E-state index in [4.69, 9.17) is 11.6 Å². The molecule has 1 amide bonds. The number of anilines is 2. The first kappa shape index (κ1) is 16.8. The fourth-order valence-electron chi connectivity index (χ4n) is 1.97. The molecule has 7 heteroatoms. The van der Waals surface area contributed by atoms with Gasteiger partial charge in [0.05, 0.1) is 11.5 Å². The van der Waals surface area contributed by atoms with Gasteiger partial charge >= 0.3 is 0 Å². The number of hydrogen-bond acceptors (Lipinski definition) is 4. The van der Waals surface area contributed by atoms with Crippen molar-refractivity contribution in [3.63, 3.8) is 0 Å². The molecule has 0 aromatic heterocycles. The Morgan fingerprint density at radius 3 is 2.48 bits per heavy atom. The minimum atomic E-state index is -0.567. The number of carbonyl (C=O) groups excluding carboxylic acids is 1. The predicted octanol–water partition coefficient (Wildman–Crippen LogP) is 3.92. The van der Waals surface area contributed by atoms with E-state index in [0.717, 1.165) is 11.1 Å². The summed E-state index contributed by atoms with van der Waals surface area (Å²) in [6.45, 7) is 3.96. The maximum Gasteiger partial charge on any atom is 0.289 e. The van der Waals surface area contributed by atoms with E-state index in [0.29, 0.717) is 11.4 Å². The van der Waals surface area contributed by atoms with Gasteiger partial charge in [0.15, 0.2) is 0 Å². The van der Waals surface area contributed by atoms with E-state index in [-0.39, 0.29) is 23.2 Å². The van der Waals surface area contributed by atoms with Gasteiger partial charge in [-0.05, 0) is 49.2 Å². The number of rotatable bonds is 5. The summed E-state index contributed by atoms with van der Waals surface area (Å²) in [6, 6.07) is 9.95. The molecule has 2 rings (SSSR count). The molecule has 0 unspecified atom stereocenters. The lowest BCUT2D eigenvalue weighted by atomic mass is 10.1. The van der Waals surface area contributed by atoms with Crippen LogP contribution >= 0.6 is 11.6 Å². The standard InChI is InChI=1S/C16H16ClN3O3/c1-10-3-4-13(7-11(10)2)19-16(21)9-18-12-5-6-14(17)15(8-12)20(22)23/h3-8,18H,9H2,1-2H3,(H,19,21). The van der Waals surface area contributed by atoms with Crippen molar-refractivity contribution in [3.8, 4) is 0 Å². The van der Waals surface area contributed by atoms with Gasteiger partial charge in [-0.1, -0.05) is 17.7 Å². The molecule has 0 aliphatic heterocycles. The number of hydrogen-bond donors (Lipinski definition) is 2. The van der Waals surface area contributed by atoms with E-state index in [9.17, 15) is 14.9 Å². The zero-order chi connectivity index (χ0) is 17.0. The molecular weight excluding hydrogens is 318 g/mol. The molecule has 2 aromatic carbocycles. The monoisotopic (exact) mass is 333 g/mol. The van der Waals surface area contributed by atoms with E-state index >= 15 is 0 Å². The number of halogens is 1. The lowest BCUT2D eigenvalue weighted by molar-refractivity contribution is -0.384. The average molecular weight is 334 g/mol. The second-order valence-electron chi connectivity index (χ2n) is 5.12. The van der Waals surface area contributed by atoms with Crippen LogP contribution in [0.25, 0.3) is 0 Å². The van der Waals surface area contributed by atoms with Gasteiger partial charge in [-0.3, -0.25) is 14.9 Å². The maximum atomic E-state index is 11.9. The Kier molecular flexibility index (Phi) is 5.18. The molecule has 2 aromatic rings. The SMILES string of the molecule is Cc1ccc(NC(=O)CNc2ccc(Cl)c([N+](=O)[O-])c2)cc1C. The second-order valence-corrected chi connectivity index (χ2v) is 5.53. The first-order valence-corrected chi connectivity index (χ1v) is 7.29. The highest BCUT2D eigenvalue weighted by atomic mass is 35.5. The summed E-state index contributed by atoms with van der Waals surface area (Å²) < 4.78 is 0. The van der Waals surface area contributed by atoms with Crippen LogP contribution in [0.5, 0.6) is 0 Å². The molecule has 6 nitrogen and oxygen atoms in total.